The molecule has 4 aromatic rings. The molecule has 1 saturated heterocycles. The highest BCUT2D eigenvalue weighted by atomic mass is 19.1. The standard InChI is InChI=1S/C24H22FN7/c1-31-14-18-5-3-16(11-21(18)30-31)23-24(15-2-4-17(12-26)20(25)10-15)29-22(13-28-23)32-8-6-19(27)7-9-32/h2-5,10-11,13-14,19H,6-9,27H2,1H3. The summed E-state index contributed by atoms with van der Waals surface area (Å²) < 4.78 is 16.2. The van der Waals surface area contributed by atoms with Gasteiger partial charge in [-0.25, -0.2) is 9.37 Å². The topological polar surface area (TPSA) is 96.6 Å². The van der Waals surface area contributed by atoms with Crippen LogP contribution in [0.25, 0.3) is 33.4 Å². The highest BCUT2D eigenvalue weighted by Crippen LogP contribution is 2.33. The van der Waals surface area contributed by atoms with Crippen LogP contribution in [0.2, 0.25) is 0 Å². The fraction of sp³-hybridized carbons (Fsp3) is 0.250. The minimum atomic E-state index is -0.577. The van der Waals surface area contributed by atoms with Gasteiger partial charge in [0.1, 0.15) is 17.7 Å². The number of hydrogen-bond acceptors (Lipinski definition) is 6. The van der Waals surface area contributed by atoms with Gasteiger partial charge in [-0.15, -0.1) is 0 Å². The number of anilines is 1. The number of hydrogen-bond donors (Lipinski definition) is 1. The largest absolute Gasteiger partial charge is 0.355 e. The highest BCUT2D eigenvalue weighted by molar-refractivity contribution is 5.87. The van der Waals surface area contributed by atoms with Gasteiger partial charge in [0.2, 0.25) is 0 Å². The Kier molecular flexibility index (Phi) is 5.04. The van der Waals surface area contributed by atoms with Crippen molar-refractivity contribution in [2.45, 2.75) is 18.9 Å². The number of aromatic nitrogens is 4. The lowest BCUT2D eigenvalue weighted by molar-refractivity contribution is 0.498. The summed E-state index contributed by atoms with van der Waals surface area (Å²) in [7, 11) is 1.88. The average molecular weight is 427 g/mol. The fourth-order valence-electron chi connectivity index (χ4n) is 4.11. The molecule has 160 valence electrons. The third kappa shape index (κ3) is 3.67. The first kappa shape index (κ1) is 20.1. The van der Waals surface area contributed by atoms with Crippen molar-refractivity contribution in [3.63, 3.8) is 0 Å². The Labute approximate surface area is 184 Å². The van der Waals surface area contributed by atoms with Gasteiger partial charge in [0.15, 0.2) is 0 Å². The minimum absolute atomic E-state index is 0.000614. The van der Waals surface area contributed by atoms with Crippen molar-refractivity contribution < 1.29 is 4.39 Å². The Morgan fingerprint density at radius 2 is 1.84 bits per heavy atom. The summed E-state index contributed by atoms with van der Waals surface area (Å²) in [5, 5.41) is 14.6. The van der Waals surface area contributed by atoms with Crippen LogP contribution < -0.4 is 10.6 Å². The Morgan fingerprint density at radius 3 is 2.59 bits per heavy atom. The van der Waals surface area contributed by atoms with Crippen molar-refractivity contribution in [3.8, 4) is 28.6 Å². The molecule has 3 heterocycles. The van der Waals surface area contributed by atoms with Gasteiger partial charge >= 0.3 is 0 Å². The van der Waals surface area contributed by atoms with Gasteiger partial charge in [0, 0.05) is 48.9 Å². The van der Waals surface area contributed by atoms with Crippen LogP contribution in [-0.2, 0) is 7.05 Å². The molecule has 0 unspecified atom stereocenters. The van der Waals surface area contributed by atoms with E-state index >= 15 is 0 Å². The SMILES string of the molecule is Cn1cc2ccc(-c3ncc(N4CCC(N)CC4)nc3-c3ccc(C#N)c(F)c3)cc2n1. The zero-order valence-electron chi connectivity index (χ0n) is 17.7. The Hall–Kier alpha value is -3.83. The van der Waals surface area contributed by atoms with Gasteiger partial charge in [-0.1, -0.05) is 18.2 Å². The quantitative estimate of drug-likeness (QED) is 0.536. The van der Waals surface area contributed by atoms with Crippen molar-refractivity contribution in [2.75, 3.05) is 18.0 Å². The molecule has 1 aliphatic heterocycles. The predicted octanol–water partition coefficient (Wildman–Crippen LogP) is 3.64. The maximum atomic E-state index is 14.5. The zero-order chi connectivity index (χ0) is 22.2. The molecule has 2 aromatic carbocycles. The number of nitriles is 1. The van der Waals surface area contributed by atoms with Crippen LogP contribution in [-0.4, -0.2) is 38.9 Å². The van der Waals surface area contributed by atoms with Crippen molar-refractivity contribution in [3.05, 3.63) is 60.2 Å². The third-order valence-corrected chi connectivity index (χ3v) is 5.88. The summed E-state index contributed by atoms with van der Waals surface area (Å²) in [4.78, 5) is 11.8. The summed E-state index contributed by atoms with van der Waals surface area (Å²) in [6.07, 6.45) is 5.49. The summed E-state index contributed by atoms with van der Waals surface area (Å²) >= 11 is 0. The first-order chi connectivity index (χ1) is 15.5. The first-order valence-corrected chi connectivity index (χ1v) is 10.5. The Bertz CT molecular complexity index is 1350. The summed E-state index contributed by atoms with van der Waals surface area (Å²) in [5.41, 5.74) is 9.51. The number of halogens is 1. The van der Waals surface area contributed by atoms with Gasteiger partial charge in [0.25, 0.3) is 0 Å². The molecule has 1 aliphatic rings. The van der Waals surface area contributed by atoms with E-state index in [-0.39, 0.29) is 11.6 Å². The molecule has 0 aliphatic carbocycles. The van der Waals surface area contributed by atoms with Crippen LogP contribution in [0.5, 0.6) is 0 Å². The minimum Gasteiger partial charge on any atom is -0.355 e. The average Bonchev–Trinajstić information content (AvgIpc) is 3.18. The van der Waals surface area contributed by atoms with Crippen molar-refractivity contribution in [1.29, 1.82) is 5.26 Å². The maximum absolute atomic E-state index is 14.5. The van der Waals surface area contributed by atoms with E-state index in [4.69, 9.17) is 21.0 Å². The van der Waals surface area contributed by atoms with Gasteiger partial charge in [0.05, 0.1) is 28.7 Å². The second-order valence-corrected chi connectivity index (χ2v) is 8.13. The number of nitrogens with zero attached hydrogens (tertiary/aromatic N) is 6. The molecule has 0 bridgehead atoms. The van der Waals surface area contributed by atoms with E-state index in [0.717, 1.165) is 48.2 Å². The Balaban J connectivity index is 1.64. The van der Waals surface area contributed by atoms with Crippen molar-refractivity contribution >= 4 is 16.7 Å². The predicted molar refractivity (Wildman–Crippen MR) is 121 cm³/mol. The molecule has 8 heteroatoms. The van der Waals surface area contributed by atoms with Gasteiger partial charge in [-0.05, 0) is 31.0 Å². The molecule has 32 heavy (non-hydrogen) atoms. The summed E-state index contributed by atoms with van der Waals surface area (Å²) in [6, 6.07) is 12.5. The van der Waals surface area contributed by atoms with E-state index < -0.39 is 5.82 Å². The molecule has 2 aromatic heterocycles. The molecule has 0 atom stereocenters. The molecule has 1 fully saturated rings. The molecule has 2 N–H and O–H groups in total. The number of piperidine rings is 1. The third-order valence-electron chi connectivity index (χ3n) is 5.88. The molecule has 0 radical (unpaired) electrons. The normalized spacial score (nSPS) is 14.6. The number of fused-ring (bicyclic) bond motifs is 1. The van der Waals surface area contributed by atoms with Crippen LogP contribution in [0.1, 0.15) is 18.4 Å². The zero-order valence-corrected chi connectivity index (χ0v) is 17.7. The summed E-state index contributed by atoms with van der Waals surface area (Å²) in [5.74, 6) is 0.159. The van der Waals surface area contributed by atoms with E-state index in [9.17, 15) is 4.39 Å². The van der Waals surface area contributed by atoms with Gasteiger partial charge in [-0.3, -0.25) is 9.67 Å². The van der Waals surface area contributed by atoms with Crippen LogP contribution >= 0.6 is 0 Å². The molecular formula is C24H22FN7. The van der Waals surface area contributed by atoms with Crippen LogP contribution in [0.4, 0.5) is 10.2 Å². The number of rotatable bonds is 3. The lowest BCUT2D eigenvalue weighted by Gasteiger charge is -2.31. The second-order valence-electron chi connectivity index (χ2n) is 8.13. The van der Waals surface area contributed by atoms with Crippen molar-refractivity contribution in [1.82, 2.24) is 19.7 Å². The van der Waals surface area contributed by atoms with E-state index in [1.54, 1.807) is 16.9 Å². The van der Waals surface area contributed by atoms with E-state index in [1.807, 2.05) is 37.5 Å². The molecule has 7 nitrogen and oxygen atoms in total. The monoisotopic (exact) mass is 427 g/mol. The lowest BCUT2D eigenvalue weighted by Crippen LogP contribution is -2.40. The first-order valence-electron chi connectivity index (χ1n) is 10.5. The highest BCUT2D eigenvalue weighted by Gasteiger charge is 2.21. The van der Waals surface area contributed by atoms with E-state index in [0.29, 0.717) is 17.0 Å². The molecular weight excluding hydrogens is 405 g/mol. The molecule has 0 amide bonds. The van der Waals surface area contributed by atoms with E-state index in [2.05, 4.69) is 10.00 Å². The number of benzene rings is 2. The van der Waals surface area contributed by atoms with Gasteiger partial charge in [-0.2, -0.15) is 10.4 Å². The van der Waals surface area contributed by atoms with Crippen molar-refractivity contribution in [2.24, 2.45) is 12.8 Å². The lowest BCUT2D eigenvalue weighted by atomic mass is 10.0. The summed E-state index contributed by atoms with van der Waals surface area (Å²) in [6.45, 7) is 1.60. The van der Waals surface area contributed by atoms with Gasteiger partial charge < -0.3 is 10.6 Å². The fourth-order valence-corrected chi connectivity index (χ4v) is 4.11. The Morgan fingerprint density at radius 1 is 1.09 bits per heavy atom. The number of nitrogens with two attached hydrogens (primary N) is 1. The van der Waals surface area contributed by atoms with E-state index in [1.165, 1.54) is 12.1 Å². The second kappa shape index (κ2) is 8.02. The van der Waals surface area contributed by atoms with Crippen LogP contribution in [0, 0.1) is 17.1 Å². The van der Waals surface area contributed by atoms with Crippen LogP contribution in [0.15, 0.2) is 48.8 Å². The number of aryl methyl sites for hydroxylation is 1. The maximum Gasteiger partial charge on any atom is 0.147 e. The molecule has 0 spiro atoms. The molecule has 5 rings (SSSR count). The molecule has 0 saturated carbocycles. The smallest absolute Gasteiger partial charge is 0.147 e. The van der Waals surface area contributed by atoms with Crippen LogP contribution in [0.3, 0.4) is 0 Å².